The number of rotatable bonds is 4. The second kappa shape index (κ2) is 6.37. The first-order valence-corrected chi connectivity index (χ1v) is 7.40. The summed E-state index contributed by atoms with van der Waals surface area (Å²) in [6.07, 6.45) is 4.87. The summed E-state index contributed by atoms with van der Waals surface area (Å²) in [6.45, 7) is 2.61. The molecule has 1 N–H and O–H groups in total. The molecule has 2 atom stereocenters. The van der Waals surface area contributed by atoms with Crippen molar-refractivity contribution in [1.29, 1.82) is 0 Å². The van der Waals surface area contributed by atoms with Gasteiger partial charge in [-0.2, -0.15) is 4.98 Å². The minimum Gasteiger partial charge on any atom is -0.467 e. The topological polar surface area (TPSA) is 98.1 Å². The maximum atomic E-state index is 11.5. The minimum absolute atomic E-state index is 0.0709. The predicted octanol–water partition coefficient (Wildman–Crippen LogP) is 0.296. The minimum atomic E-state index is -0.133. The van der Waals surface area contributed by atoms with Gasteiger partial charge in [0.15, 0.2) is 5.82 Å². The number of aromatic nitrogens is 5. The summed E-state index contributed by atoms with van der Waals surface area (Å²) in [6, 6.07) is 0.0364. The SMILES string of the molecule is COc1ncc(Cl)c(N2C[C@@H](NC(C)=O)[C@@H](n3ccnn3)C2)n1. The van der Waals surface area contributed by atoms with Crippen LogP contribution in [-0.2, 0) is 4.79 Å². The molecule has 0 aromatic carbocycles. The molecule has 10 heteroatoms. The fraction of sp³-hybridized carbons (Fsp3) is 0.462. The van der Waals surface area contributed by atoms with Crippen molar-refractivity contribution < 1.29 is 9.53 Å². The number of carbonyl (C=O) groups excluding carboxylic acids is 1. The van der Waals surface area contributed by atoms with Crippen molar-refractivity contribution in [3.8, 4) is 6.01 Å². The fourth-order valence-electron chi connectivity index (χ4n) is 2.69. The lowest BCUT2D eigenvalue weighted by Crippen LogP contribution is -2.40. The van der Waals surface area contributed by atoms with Gasteiger partial charge in [0.2, 0.25) is 5.91 Å². The van der Waals surface area contributed by atoms with Crippen LogP contribution in [0.15, 0.2) is 18.6 Å². The summed E-state index contributed by atoms with van der Waals surface area (Å²) in [5.41, 5.74) is 0. The zero-order chi connectivity index (χ0) is 16.4. The lowest BCUT2D eigenvalue weighted by molar-refractivity contribution is -0.119. The van der Waals surface area contributed by atoms with Crippen molar-refractivity contribution in [3.63, 3.8) is 0 Å². The van der Waals surface area contributed by atoms with E-state index in [4.69, 9.17) is 16.3 Å². The molecule has 0 unspecified atom stereocenters. The van der Waals surface area contributed by atoms with Crippen LogP contribution in [-0.4, -0.2) is 57.1 Å². The van der Waals surface area contributed by atoms with E-state index in [-0.39, 0.29) is 24.0 Å². The van der Waals surface area contributed by atoms with Gasteiger partial charge in [-0.1, -0.05) is 16.8 Å². The molecule has 0 bridgehead atoms. The number of nitrogens with one attached hydrogen (secondary N) is 1. The van der Waals surface area contributed by atoms with Crippen molar-refractivity contribution in [3.05, 3.63) is 23.6 Å². The largest absolute Gasteiger partial charge is 0.467 e. The summed E-state index contributed by atoms with van der Waals surface area (Å²) >= 11 is 6.21. The van der Waals surface area contributed by atoms with Gasteiger partial charge in [0.1, 0.15) is 5.02 Å². The number of hydrogen-bond donors (Lipinski definition) is 1. The average Bonchev–Trinajstić information content (AvgIpc) is 3.16. The maximum Gasteiger partial charge on any atom is 0.318 e. The summed E-state index contributed by atoms with van der Waals surface area (Å²) in [5.74, 6) is 0.463. The molecule has 23 heavy (non-hydrogen) atoms. The molecule has 0 aliphatic carbocycles. The molecule has 1 amide bonds. The van der Waals surface area contributed by atoms with Crippen molar-refractivity contribution in [2.75, 3.05) is 25.1 Å². The van der Waals surface area contributed by atoms with Crippen LogP contribution in [0, 0.1) is 0 Å². The molecule has 0 saturated carbocycles. The van der Waals surface area contributed by atoms with Crippen molar-refractivity contribution in [2.24, 2.45) is 0 Å². The quantitative estimate of drug-likeness (QED) is 0.856. The lowest BCUT2D eigenvalue weighted by atomic mass is 10.2. The molecule has 1 fully saturated rings. The number of amides is 1. The fourth-order valence-corrected chi connectivity index (χ4v) is 2.90. The average molecular weight is 338 g/mol. The Morgan fingerprint density at radius 3 is 2.96 bits per heavy atom. The molecule has 0 radical (unpaired) electrons. The van der Waals surface area contributed by atoms with Gasteiger partial charge in [-0.25, -0.2) is 9.67 Å². The number of nitrogens with zero attached hydrogens (tertiary/aromatic N) is 6. The highest BCUT2D eigenvalue weighted by Crippen LogP contribution is 2.31. The standard InChI is InChI=1S/C13H16ClN7O2/c1-8(22)17-10-6-20(7-11(10)21-4-3-16-19-21)12-9(14)5-15-13(18-12)23-2/h3-5,10-11H,6-7H2,1-2H3,(H,17,22)/t10-,11+/m1/s1. The second-order valence-corrected chi connectivity index (χ2v) is 5.60. The molecular formula is C13H16ClN7O2. The van der Waals surface area contributed by atoms with Crippen LogP contribution in [0.2, 0.25) is 5.02 Å². The van der Waals surface area contributed by atoms with Gasteiger partial charge in [-0.05, 0) is 0 Å². The third-order valence-corrected chi connectivity index (χ3v) is 3.91. The first-order valence-electron chi connectivity index (χ1n) is 7.03. The number of halogens is 1. The molecule has 2 aromatic rings. The Labute approximate surface area is 137 Å². The molecule has 9 nitrogen and oxygen atoms in total. The van der Waals surface area contributed by atoms with E-state index < -0.39 is 0 Å². The summed E-state index contributed by atoms with van der Waals surface area (Å²) in [5, 5.41) is 11.2. The lowest BCUT2D eigenvalue weighted by Gasteiger charge is -2.18. The third-order valence-electron chi connectivity index (χ3n) is 3.64. The maximum absolute atomic E-state index is 11.5. The van der Waals surface area contributed by atoms with E-state index in [1.165, 1.54) is 20.2 Å². The molecule has 3 rings (SSSR count). The van der Waals surface area contributed by atoms with E-state index in [0.717, 1.165) is 0 Å². The van der Waals surface area contributed by atoms with E-state index >= 15 is 0 Å². The van der Waals surface area contributed by atoms with E-state index in [1.54, 1.807) is 17.1 Å². The van der Waals surface area contributed by atoms with Gasteiger partial charge in [0.05, 0.1) is 31.6 Å². The molecule has 1 aliphatic rings. The van der Waals surface area contributed by atoms with E-state index in [1.807, 2.05) is 4.90 Å². The predicted molar refractivity (Wildman–Crippen MR) is 82.5 cm³/mol. The zero-order valence-corrected chi connectivity index (χ0v) is 13.4. The molecule has 0 spiro atoms. The van der Waals surface area contributed by atoms with Gasteiger partial charge in [-0.15, -0.1) is 5.10 Å². The van der Waals surface area contributed by atoms with Crippen LogP contribution in [0.25, 0.3) is 0 Å². The Bertz CT molecular complexity index is 694. The number of ether oxygens (including phenoxy) is 1. The van der Waals surface area contributed by atoms with E-state index in [9.17, 15) is 4.79 Å². The molecule has 2 aromatic heterocycles. The van der Waals surface area contributed by atoms with Gasteiger partial charge in [0.25, 0.3) is 0 Å². The second-order valence-electron chi connectivity index (χ2n) is 5.19. The third kappa shape index (κ3) is 3.19. The first kappa shape index (κ1) is 15.5. The Morgan fingerprint density at radius 1 is 1.48 bits per heavy atom. The van der Waals surface area contributed by atoms with Crippen molar-refractivity contribution in [1.82, 2.24) is 30.3 Å². The molecule has 1 aliphatic heterocycles. The van der Waals surface area contributed by atoms with Crippen LogP contribution >= 0.6 is 11.6 Å². The molecule has 1 saturated heterocycles. The molecule has 122 valence electrons. The van der Waals surface area contributed by atoms with Crippen LogP contribution < -0.4 is 15.0 Å². The number of anilines is 1. The van der Waals surface area contributed by atoms with E-state index in [0.29, 0.717) is 23.9 Å². The Hall–Kier alpha value is -2.42. The Balaban J connectivity index is 1.89. The van der Waals surface area contributed by atoms with Gasteiger partial charge in [0, 0.05) is 26.2 Å². The highest BCUT2D eigenvalue weighted by molar-refractivity contribution is 6.32. The normalized spacial score (nSPS) is 20.6. The van der Waals surface area contributed by atoms with Gasteiger partial charge in [-0.3, -0.25) is 4.79 Å². The zero-order valence-electron chi connectivity index (χ0n) is 12.7. The molecule has 3 heterocycles. The van der Waals surface area contributed by atoms with Crippen LogP contribution in [0.3, 0.4) is 0 Å². The van der Waals surface area contributed by atoms with Gasteiger partial charge < -0.3 is 15.0 Å². The number of hydrogen-bond acceptors (Lipinski definition) is 7. The number of carbonyl (C=O) groups is 1. The highest BCUT2D eigenvalue weighted by atomic mass is 35.5. The van der Waals surface area contributed by atoms with Crippen molar-refractivity contribution >= 4 is 23.3 Å². The van der Waals surface area contributed by atoms with Crippen LogP contribution in [0.4, 0.5) is 5.82 Å². The first-order chi connectivity index (χ1) is 11.1. The number of methoxy groups -OCH3 is 1. The summed E-state index contributed by atoms with van der Waals surface area (Å²) in [7, 11) is 1.50. The Kier molecular flexibility index (Phi) is 4.28. The van der Waals surface area contributed by atoms with Gasteiger partial charge >= 0.3 is 6.01 Å². The molecular weight excluding hydrogens is 322 g/mol. The van der Waals surface area contributed by atoms with E-state index in [2.05, 4.69) is 25.6 Å². The smallest absolute Gasteiger partial charge is 0.318 e. The highest BCUT2D eigenvalue weighted by Gasteiger charge is 2.36. The van der Waals surface area contributed by atoms with Crippen LogP contribution in [0.1, 0.15) is 13.0 Å². The summed E-state index contributed by atoms with van der Waals surface area (Å²) < 4.78 is 6.78. The van der Waals surface area contributed by atoms with Crippen LogP contribution in [0.5, 0.6) is 6.01 Å². The Morgan fingerprint density at radius 2 is 2.30 bits per heavy atom. The van der Waals surface area contributed by atoms with Crippen molar-refractivity contribution in [2.45, 2.75) is 19.0 Å². The monoisotopic (exact) mass is 337 g/mol. The summed E-state index contributed by atoms with van der Waals surface area (Å²) in [4.78, 5) is 21.7.